The number of hydrogen-bond acceptors (Lipinski definition) is 12. The summed E-state index contributed by atoms with van der Waals surface area (Å²) >= 11 is 1.56. The van der Waals surface area contributed by atoms with E-state index in [1.165, 1.54) is 23.1 Å². The molecule has 2 aromatic heterocycles. The number of likely N-dealkylation sites (tertiary alicyclic amines) is 1. The molecular weight excluding hydrogens is 1010 g/mol. The lowest BCUT2D eigenvalue weighted by atomic mass is 9.76. The number of H-pyrrole nitrogens is 1. The number of halogens is 4. The summed E-state index contributed by atoms with van der Waals surface area (Å²) in [4.78, 5) is 93.1. The maximum absolute atomic E-state index is 15.6. The lowest BCUT2D eigenvalue weighted by Crippen LogP contribution is -2.55. The highest BCUT2D eigenvalue weighted by atomic mass is 32.1. The van der Waals surface area contributed by atoms with E-state index < -0.39 is 64.0 Å². The average Bonchev–Trinajstić information content (AvgIpc) is 4.00. The number of β-amino-alcohol motifs (C(OH)–C–C–N with tert-alkyl or cyclic N) is 1. The number of alkyl halides is 3. The topological polar surface area (TPSA) is 194 Å². The number of aromatic nitrogens is 2. The second-order valence-corrected chi connectivity index (χ2v) is 21.7. The van der Waals surface area contributed by atoms with Crippen LogP contribution in [0.4, 0.5) is 28.9 Å². The van der Waals surface area contributed by atoms with Crippen LogP contribution in [0.1, 0.15) is 97.8 Å². The lowest BCUT2D eigenvalue weighted by Gasteiger charge is -2.44. The number of pyridine rings is 1. The fourth-order valence-electron chi connectivity index (χ4n) is 9.77. The van der Waals surface area contributed by atoms with Gasteiger partial charge in [0, 0.05) is 93.3 Å². The summed E-state index contributed by atoms with van der Waals surface area (Å²) in [5.74, 6) is -3.97. The van der Waals surface area contributed by atoms with Crippen molar-refractivity contribution in [3.05, 3.63) is 123 Å². The molecule has 2 aliphatic rings. The third-order valence-corrected chi connectivity index (χ3v) is 15.3. The van der Waals surface area contributed by atoms with Crippen LogP contribution in [0.15, 0.2) is 83.2 Å². The van der Waals surface area contributed by atoms with Crippen molar-refractivity contribution < 1.29 is 51.4 Å². The highest BCUT2D eigenvalue weighted by molar-refractivity contribution is 7.13. The molecule has 2 aliphatic heterocycles. The van der Waals surface area contributed by atoms with Gasteiger partial charge in [-0.25, -0.2) is 9.37 Å². The molecule has 20 heteroatoms. The SMILES string of the molecule is Cc1ncsc1-c1ccc(CCC(=O)[C@@H]2C[C@@H](O)CN2C(=O)[C@@H](CC(=O)CCOCCNC(=O)c2ccc(F)c(-c3ccc(N4C[C@@H](C)N(C)[C@@H](C)C4)c(NC(=O)c4c[nH]c(=O)cc4C(F)(F)F)c3)c2)C(C)(C)C)cc1. The van der Waals surface area contributed by atoms with E-state index in [9.17, 15) is 47.0 Å². The molecule has 0 spiro atoms. The minimum Gasteiger partial charge on any atom is -0.391 e. The molecule has 3 amide bonds. The van der Waals surface area contributed by atoms with E-state index in [0.29, 0.717) is 37.5 Å². The quantitative estimate of drug-likeness (QED) is 0.0459. The predicted molar refractivity (Wildman–Crippen MR) is 283 cm³/mol. The Morgan fingerprint density at radius 2 is 1.61 bits per heavy atom. The third-order valence-electron chi connectivity index (χ3n) is 14.3. The Morgan fingerprint density at radius 1 is 0.908 bits per heavy atom. The number of rotatable bonds is 19. The molecule has 5 atom stereocenters. The monoisotopic (exact) mass is 1070 g/mol. The molecule has 7 rings (SSSR count). The Labute approximate surface area is 443 Å². The van der Waals surface area contributed by atoms with E-state index in [-0.39, 0.29) is 104 Å². The van der Waals surface area contributed by atoms with Gasteiger partial charge in [0.1, 0.15) is 11.6 Å². The normalized spacial score (nSPS) is 18.6. The number of thiazole rings is 1. The molecule has 15 nitrogen and oxygen atoms in total. The molecule has 4 heterocycles. The van der Waals surface area contributed by atoms with Crippen molar-refractivity contribution in [1.29, 1.82) is 0 Å². The van der Waals surface area contributed by atoms with E-state index >= 15 is 4.39 Å². The van der Waals surface area contributed by atoms with Crippen LogP contribution < -0.4 is 21.1 Å². The Bertz CT molecular complexity index is 2980. The number of carbonyl (C=O) groups excluding carboxylic acids is 5. The highest BCUT2D eigenvalue weighted by Gasteiger charge is 2.44. The van der Waals surface area contributed by atoms with Gasteiger partial charge in [0.15, 0.2) is 5.78 Å². The first kappa shape index (κ1) is 57.1. The van der Waals surface area contributed by atoms with Crippen LogP contribution in [0.25, 0.3) is 21.6 Å². The summed E-state index contributed by atoms with van der Waals surface area (Å²) in [6.07, 6.45) is -4.55. The first-order valence-electron chi connectivity index (χ1n) is 25.3. The number of aryl methyl sites for hydroxylation is 2. The van der Waals surface area contributed by atoms with Gasteiger partial charge in [-0.2, -0.15) is 13.2 Å². The molecule has 0 unspecified atom stereocenters. The first-order chi connectivity index (χ1) is 35.9. The van der Waals surface area contributed by atoms with Gasteiger partial charge in [0.25, 0.3) is 11.8 Å². The molecule has 76 heavy (non-hydrogen) atoms. The van der Waals surface area contributed by atoms with Gasteiger partial charge in [-0.1, -0.05) is 51.1 Å². The number of hydrogen-bond donors (Lipinski definition) is 4. The van der Waals surface area contributed by atoms with Gasteiger partial charge in [-0.3, -0.25) is 33.7 Å². The maximum atomic E-state index is 15.6. The smallest absolute Gasteiger partial charge is 0.391 e. The Morgan fingerprint density at radius 3 is 2.26 bits per heavy atom. The molecule has 0 aliphatic carbocycles. The number of Topliss-reactive ketones (excluding diaryl/α,β-unsaturated/α-hetero) is 2. The summed E-state index contributed by atoms with van der Waals surface area (Å²) < 4.78 is 63.3. The number of aromatic amines is 1. The van der Waals surface area contributed by atoms with Gasteiger partial charge in [0.05, 0.1) is 63.9 Å². The van der Waals surface area contributed by atoms with Crippen molar-refractivity contribution in [3.63, 3.8) is 0 Å². The van der Waals surface area contributed by atoms with E-state index in [4.69, 9.17) is 4.74 Å². The number of ether oxygens (including phenoxy) is 1. The number of benzene rings is 3. The van der Waals surface area contributed by atoms with Crippen LogP contribution >= 0.6 is 11.3 Å². The van der Waals surface area contributed by atoms with Crippen molar-refractivity contribution in [2.45, 2.75) is 104 Å². The van der Waals surface area contributed by atoms with Crippen LogP contribution in [0.5, 0.6) is 0 Å². The molecule has 3 aromatic carbocycles. The Hall–Kier alpha value is -6.61. The average molecular weight is 1070 g/mol. The van der Waals surface area contributed by atoms with Crippen molar-refractivity contribution in [2.24, 2.45) is 11.3 Å². The minimum atomic E-state index is -5.02. The second-order valence-electron chi connectivity index (χ2n) is 20.9. The minimum absolute atomic E-state index is 0.00462. The number of likely N-dealkylation sites (N-methyl/N-ethyl adjacent to an activating group) is 1. The fraction of sp³-hybridized carbons (Fsp3) is 0.446. The molecule has 5 aromatic rings. The van der Waals surface area contributed by atoms with Crippen molar-refractivity contribution in [3.8, 4) is 21.6 Å². The number of piperazine rings is 1. The molecule has 4 N–H and O–H groups in total. The number of aliphatic hydroxyl groups excluding tert-OH is 1. The summed E-state index contributed by atoms with van der Waals surface area (Å²) in [7, 11) is 1.98. The molecule has 0 bridgehead atoms. The Kier molecular flexibility index (Phi) is 18.1. The summed E-state index contributed by atoms with van der Waals surface area (Å²) in [5.41, 5.74) is 1.64. The van der Waals surface area contributed by atoms with Crippen LogP contribution in [0.2, 0.25) is 0 Å². The van der Waals surface area contributed by atoms with Gasteiger partial charge >= 0.3 is 6.18 Å². The zero-order chi connectivity index (χ0) is 55.2. The number of aliphatic hydroxyl groups is 1. The van der Waals surface area contributed by atoms with Gasteiger partial charge in [-0.05, 0) is 86.7 Å². The summed E-state index contributed by atoms with van der Waals surface area (Å²) in [5, 5.41) is 15.9. The fourth-order valence-corrected chi connectivity index (χ4v) is 10.6. The predicted octanol–water partition coefficient (Wildman–Crippen LogP) is 8.33. The largest absolute Gasteiger partial charge is 0.417 e. The lowest BCUT2D eigenvalue weighted by molar-refractivity contribution is -0.146. The molecule has 2 saturated heterocycles. The number of nitrogens with one attached hydrogen (secondary N) is 3. The molecule has 0 radical (unpaired) electrons. The number of anilines is 2. The standard InChI is InChI=1S/C56H65F4N7O8S/c1-32-28-66(29-33(2)65(32)7)47-16-14-37(23-46(47)64-53(73)42-27-62-50(71)26-43(42)56(58,59)60)41-22-38(13-15-45(41)57)52(72)61-19-21-75-20-18-39(68)24-44(55(4,5)6)54(74)67-30-40(69)25-48(67)49(70)17-10-35-8-11-36(12-9-35)51-34(3)63-31-76-51/h8-9,11-16,22-23,26-27,31-33,40,44,48,69H,10,17-21,24-25,28-30H2,1-7H3,(H,61,72)(H,62,71)(H,64,73)/t32-,33+,40-,44-,48+/m1/s1. The van der Waals surface area contributed by atoms with Crippen LogP contribution in [0.3, 0.4) is 0 Å². The Balaban J connectivity index is 0.934. The molecule has 406 valence electrons. The van der Waals surface area contributed by atoms with Crippen molar-refractivity contribution >= 4 is 52.0 Å². The van der Waals surface area contributed by atoms with E-state index in [2.05, 4.69) is 25.5 Å². The van der Waals surface area contributed by atoms with Crippen LogP contribution in [-0.4, -0.2) is 125 Å². The molecule has 2 fully saturated rings. The number of nitrogens with zero attached hydrogens (tertiary/aromatic N) is 4. The first-order valence-corrected chi connectivity index (χ1v) is 26.2. The van der Waals surface area contributed by atoms with Crippen LogP contribution in [-0.2, 0) is 31.7 Å². The summed E-state index contributed by atoms with van der Waals surface area (Å²) in [6, 6.07) is 15.9. The zero-order valence-corrected chi connectivity index (χ0v) is 44.5. The summed E-state index contributed by atoms with van der Waals surface area (Å²) in [6.45, 7) is 12.6. The van der Waals surface area contributed by atoms with E-state index in [1.54, 1.807) is 29.0 Å². The van der Waals surface area contributed by atoms with Gasteiger partial charge < -0.3 is 35.3 Å². The molecule has 0 saturated carbocycles. The zero-order valence-electron chi connectivity index (χ0n) is 43.7. The van der Waals surface area contributed by atoms with Gasteiger partial charge in [0.2, 0.25) is 11.5 Å². The number of ketones is 2. The van der Waals surface area contributed by atoms with Gasteiger partial charge in [-0.15, -0.1) is 11.3 Å². The van der Waals surface area contributed by atoms with E-state index in [1.807, 2.05) is 77.8 Å². The van der Waals surface area contributed by atoms with E-state index in [0.717, 1.165) is 27.8 Å². The molecular formula is C56H65F4N7O8S. The number of carbonyl (C=O) groups is 5. The van der Waals surface area contributed by atoms with Crippen LogP contribution in [0, 0.1) is 24.1 Å². The van der Waals surface area contributed by atoms with Crippen molar-refractivity contribution in [1.82, 2.24) is 25.1 Å². The highest BCUT2D eigenvalue weighted by Crippen LogP contribution is 2.38. The second kappa shape index (κ2) is 24.2. The number of amides is 3. The maximum Gasteiger partial charge on any atom is 0.417 e. The third kappa shape index (κ3) is 13.9. The van der Waals surface area contributed by atoms with Crippen molar-refractivity contribution in [2.75, 3.05) is 56.7 Å².